The van der Waals surface area contributed by atoms with Crippen molar-refractivity contribution in [3.05, 3.63) is 65.9 Å². The molecule has 2 aromatic carbocycles. The topological polar surface area (TPSA) is 95.1 Å². The highest BCUT2D eigenvalue weighted by Crippen LogP contribution is 2.26. The van der Waals surface area contributed by atoms with Crippen molar-refractivity contribution in [2.45, 2.75) is 18.9 Å². The molecule has 6 nitrogen and oxygen atoms in total. The van der Waals surface area contributed by atoms with Crippen LogP contribution in [0.4, 0.5) is 0 Å². The molecule has 6 heteroatoms. The van der Waals surface area contributed by atoms with Crippen molar-refractivity contribution in [3.63, 3.8) is 0 Å². The SMILES string of the molecule is CCC(NC(=O)c1n[nH]c2ccccc12)(C(=O)O)c1ccccc1. The van der Waals surface area contributed by atoms with E-state index in [1.54, 1.807) is 55.5 Å². The van der Waals surface area contributed by atoms with E-state index >= 15 is 0 Å². The second-order valence-corrected chi connectivity index (χ2v) is 5.50. The number of aromatic nitrogens is 2. The number of carbonyl (C=O) groups is 2. The molecular formula is C18H17N3O3. The van der Waals surface area contributed by atoms with E-state index in [-0.39, 0.29) is 12.1 Å². The Kier molecular flexibility index (Phi) is 4.04. The van der Waals surface area contributed by atoms with E-state index in [0.29, 0.717) is 10.9 Å². The standard InChI is InChI=1S/C18H17N3O3/c1-2-18(17(23)24,12-8-4-3-5-9-12)19-16(22)15-13-10-6-7-11-14(13)20-21-15/h3-11H,2H2,1H3,(H,19,22)(H,20,21)(H,23,24). The molecule has 3 rings (SSSR count). The predicted octanol–water partition coefficient (Wildman–Crippen LogP) is 2.68. The highest BCUT2D eigenvalue weighted by molar-refractivity contribution is 6.06. The Bertz CT molecular complexity index is 889. The molecule has 0 aliphatic heterocycles. The summed E-state index contributed by atoms with van der Waals surface area (Å²) in [7, 11) is 0. The predicted molar refractivity (Wildman–Crippen MR) is 89.6 cm³/mol. The Labute approximate surface area is 138 Å². The first kappa shape index (κ1) is 15.7. The van der Waals surface area contributed by atoms with Gasteiger partial charge in [-0.3, -0.25) is 9.89 Å². The van der Waals surface area contributed by atoms with Gasteiger partial charge >= 0.3 is 5.97 Å². The second-order valence-electron chi connectivity index (χ2n) is 5.50. The lowest BCUT2D eigenvalue weighted by atomic mass is 9.87. The number of hydrogen-bond acceptors (Lipinski definition) is 3. The van der Waals surface area contributed by atoms with Crippen LogP contribution in [0.15, 0.2) is 54.6 Å². The fraction of sp³-hybridized carbons (Fsp3) is 0.167. The van der Waals surface area contributed by atoms with Crippen molar-refractivity contribution in [1.82, 2.24) is 15.5 Å². The smallest absolute Gasteiger partial charge is 0.334 e. The number of carboxylic acids is 1. The van der Waals surface area contributed by atoms with Crippen LogP contribution in [0.3, 0.4) is 0 Å². The third-order valence-corrected chi connectivity index (χ3v) is 4.17. The van der Waals surface area contributed by atoms with E-state index in [2.05, 4.69) is 15.5 Å². The number of carboxylic acid groups (broad SMARTS) is 1. The Hall–Kier alpha value is -3.15. The van der Waals surface area contributed by atoms with Gasteiger partial charge in [0.1, 0.15) is 0 Å². The minimum atomic E-state index is -1.50. The van der Waals surface area contributed by atoms with Crippen LogP contribution in [0.2, 0.25) is 0 Å². The molecule has 0 saturated heterocycles. The fourth-order valence-electron chi connectivity index (χ4n) is 2.81. The number of amides is 1. The summed E-state index contributed by atoms with van der Waals surface area (Å²) in [6.07, 6.45) is 0.209. The lowest BCUT2D eigenvalue weighted by Crippen LogP contribution is -2.51. The van der Waals surface area contributed by atoms with E-state index in [1.807, 2.05) is 6.07 Å². The van der Waals surface area contributed by atoms with Gasteiger partial charge < -0.3 is 10.4 Å². The summed E-state index contributed by atoms with van der Waals surface area (Å²) < 4.78 is 0. The zero-order valence-electron chi connectivity index (χ0n) is 13.1. The number of aromatic amines is 1. The van der Waals surface area contributed by atoms with Gasteiger partial charge in [-0.05, 0) is 18.1 Å². The van der Waals surface area contributed by atoms with Crippen molar-refractivity contribution in [1.29, 1.82) is 0 Å². The van der Waals surface area contributed by atoms with Crippen molar-refractivity contribution in [3.8, 4) is 0 Å². The van der Waals surface area contributed by atoms with Gasteiger partial charge in [-0.2, -0.15) is 5.10 Å². The van der Waals surface area contributed by atoms with Crippen LogP contribution in [0.1, 0.15) is 29.4 Å². The first-order chi connectivity index (χ1) is 11.6. The monoisotopic (exact) mass is 323 g/mol. The van der Waals surface area contributed by atoms with Crippen LogP contribution in [0.25, 0.3) is 10.9 Å². The Morgan fingerprint density at radius 3 is 2.46 bits per heavy atom. The largest absolute Gasteiger partial charge is 0.479 e. The molecule has 24 heavy (non-hydrogen) atoms. The molecule has 0 spiro atoms. The average molecular weight is 323 g/mol. The third-order valence-electron chi connectivity index (χ3n) is 4.17. The number of fused-ring (bicyclic) bond motifs is 1. The first-order valence-corrected chi connectivity index (χ1v) is 7.63. The summed E-state index contributed by atoms with van der Waals surface area (Å²) >= 11 is 0. The van der Waals surface area contributed by atoms with Crippen LogP contribution in [-0.4, -0.2) is 27.2 Å². The highest BCUT2D eigenvalue weighted by Gasteiger charge is 2.41. The number of rotatable bonds is 5. The minimum absolute atomic E-state index is 0.181. The Morgan fingerprint density at radius 1 is 1.12 bits per heavy atom. The molecule has 3 aromatic rings. The van der Waals surface area contributed by atoms with Crippen LogP contribution in [0.5, 0.6) is 0 Å². The molecule has 1 aromatic heterocycles. The number of hydrogen-bond donors (Lipinski definition) is 3. The van der Waals surface area contributed by atoms with Gasteiger partial charge in [-0.1, -0.05) is 55.5 Å². The van der Waals surface area contributed by atoms with Gasteiger partial charge in [0.2, 0.25) is 0 Å². The zero-order valence-corrected chi connectivity index (χ0v) is 13.1. The molecule has 1 heterocycles. The van der Waals surface area contributed by atoms with Gasteiger partial charge in [-0.15, -0.1) is 0 Å². The molecule has 0 aliphatic carbocycles. The Morgan fingerprint density at radius 2 is 1.79 bits per heavy atom. The highest BCUT2D eigenvalue weighted by atomic mass is 16.4. The molecule has 1 unspecified atom stereocenters. The van der Waals surface area contributed by atoms with Gasteiger partial charge in [0.15, 0.2) is 11.2 Å². The van der Waals surface area contributed by atoms with Crippen molar-refractivity contribution in [2.75, 3.05) is 0 Å². The van der Waals surface area contributed by atoms with Gasteiger partial charge in [0.25, 0.3) is 5.91 Å². The first-order valence-electron chi connectivity index (χ1n) is 7.63. The summed E-state index contributed by atoms with van der Waals surface area (Å²) in [5.41, 5.74) is -0.0770. The molecule has 1 atom stereocenters. The van der Waals surface area contributed by atoms with Gasteiger partial charge in [-0.25, -0.2) is 4.79 Å². The normalized spacial score (nSPS) is 13.4. The zero-order chi connectivity index (χ0) is 17.2. The summed E-state index contributed by atoms with van der Waals surface area (Å²) in [5, 5.41) is 19.9. The lowest BCUT2D eigenvalue weighted by molar-refractivity contribution is -0.145. The summed E-state index contributed by atoms with van der Waals surface area (Å²) in [4.78, 5) is 24.7. The number of nitrogens with zero attached hydrogens (tertiary/aromatic N) is 1. The maximum Gasteiger partial charge on any atom is 0.334 e. The number of carbonyl (C=O) groups excluding carboxylic acids is 1. The lowest BCUT2D eigenvalue weighted by Gasteiger charge is -2.29. The fourth-order valence-corrected chi connectivity index (χ4v) is 2.81. The van der Waals surface area contributed by atoms with Crippen molar-refractivity contribution < 1.29 is 14.7 Å². The summed E-state index contributed by atoms with van der Waals surface area (Å²) in [6, 6.07) is 15.9. The molecule has 1 amide bonds. The number of para-hydroxylation sites is 1. The average Bonchev–Trinajstić information content (AvgIpc) is 3.04. The van der Waals surface area contributed by atoms with E-state index in [4.69, 9.17) is 0 Å². The van der Waals surface area contributed by atoms with E-state index < -0.39 is 17.4 Å². The van der Waals surface area contributed by atoms with Crippen LogP contribution in [-0.2, 0) is 10.3 Å². The third kappa shape index (κ3) is 2.52. The number of benzene rings is 2. The van der Waals surface area contributed by atoms with E-state index in [1.165, 1.54) is 0 Å². The quantitative estimate of drug-likeness (QED) is 0.673. The minimum Gasteiger partial charge on any atom is -0.479 e. The summed E-state index contributed by atoms with van der Waals surface area (Å²) in [5.74, 6) is -1.63. The van der Waals surface area contributed by atoms with Gasteiger partial charge in [0.05, 0.1) is 5.52 Å². The van der Waals surface area contributed by atoms with Crippen LogP contribution < -0.4 is 5.32 Å². The molecule has 0 saturated carbocycles. The Balaban J connectivity index is 2.02. The molecule has 0 bridgehead atoms. The molecule has 3 N–H and O–H groups in total. The number of nitrogens with one attached hydrogen (secondary N) is 2. The van der Waals surface area contributed by atoms with Crippen LogP contribution >= 0.6 is 0 Å². The van der Waals surface area contributed by atoms with Gasteiger partial charge in [0, 0.05) is 5.39 Å². The van der Waals surface area contributed by atoms with Crippen molar-refractivity contribution in [2.24, 2.45) is 0 Å². The number of aliphatic carboxylic acids is 1. The van der Waals surface area contributed by atoms with E-state index in [0.717, 1.165) is 5.52 Å². The molecule has 0 radical (unpaired) electrons. The molecule has 0 fully saturated rings. The molecular weight excluding hydrogens is 306 g/mol. The molecule has 122 valence electrons. The second kappa shape index (κ2) is 6.16. The van der Waals surface area contributed by atoms with Crippen molar-refractivity contribution >= 4 is 22.8 Å². The van der Waals surface area contributed by atoms with E-state index in [9.17, 15) is 14.7 Å². The maximum absolute atomic E-state index is 12.7. The summed E-state index contributed by atoms with van der Waals surface area (Å²) in [6.45, 7) is 1.73. The molecule has 0 aliphatic rings. The van der Waals surface area contributed by atoms with Crippen LogP contribution in [0, 0.1) is 0 Å². The number of H-pyrrole nitrogens is 1. The maximum atomic E-state index is 12.7.